The minimum absolute atomic E-state index is 0.0815. The van der Waals surface area contributed by atoms with Gasteiger partial charge < -0.3 is 21.2 Å². The lowest BCUT2D eigenvalue weighted by Crippen LogP contribution is -2.07. The Morgan fingerprint density at radius 1 is 1.15 bits per heavy atom. The summed E-state index contributed by atoms with van der Waals surface area (Å²) in [7, 11) is 0. The number of benzene rings is 2. The maximum Gasteiger partial charge on any atom is 0.197 e. The van der Waals surface area contributed by atoms with Crippen molar-refractivity contribution in [2.45, 2.75) is 6.92 Å². The van der Waals surface area contributed by atoms with Crippen molar-refractivity contribution >= 4 is 33.2 Å². The second kappa shape index (κ2) is 4.45. The Labute approximate surface area is 115 Å². The summed E-state index contributed by atoms with van der Waals surface area (Å²) in [6.45, 7) is 2.46. The molecule has 5 heteroatoms. The van der Waals surface area contributed by atoms with E-state index in [0.29, 0.717) is 45.5 Å². The molecular formula is C15H15N3O2. The van der Waals surface area contributed by atoms with Crippen LogP contribution >= 0.6 is 0 Å². The van der Waals surface area contributed by atoms with Gasteiger partial charge in [-0.2, -0.15) is 0 Å². The van der Waals surface area contributed by atoms with Gasteiger partial charge in [-0.1, -0.05) is 0 Å². The van der Waals surface area contributed by atoms with Gasteiger partial charge in [-0.3, -0.25) is 4.79 Å². The van der Waals surface area contributed by atoms with E-state index in [1.165, 1.54) is 0 Å². The molecule has 1 aromatic heterocycles. The number of aromatic nitrogens is 1. The van der Waals surface area contributed by atoms with Gasteiger partial charge in [0.1, 0.15) is 5.75 Å². The molecule has 0 amide bonds. The number of ether oxygens (including phenoxy) is 1. The lowest BCUT2D eigenvalue weighted by Gasteiger charge is -2.09. The zero-order valence-electron chi connectivity index (χ0n) is 11.1. The number of rotatable bonds is 2. The van der Waals surface area contributed by atoms with Gasteiger partial charge in [-0.15, -0.1) is 0 Å². The highest BCUT2D eigenvalue weighted by atomic mass is 16.5. The molecule has 0 saturated heterocycles. The van der Waals surface area contributed by atoms with E-state index in [1.54, 1.807) is 18.2 Å². The zero-order chi connectivity index (χ0) is 14.3. The summed E-state index contributed by atoms with van der Waals surface area (Å²) in [6, 6.07) is 8.70. The quantitative estimate of drug-likeness (QED) is 0.491. The van der Waals surface area contributed by atoms with Gasteiger partial charge in [0.25, 0.3) is 0 Å². The third-order valence-corrected chi connectivity index (χ3v) is 3.33. The third-order valence-electron chi connectivity index (χ3n) is 3.33. The zero-order valence-corrected chi connectivity index (χ0v) is 11.1. The number of hydrogen-bond donors (Lipinski definition) is 3. The molecule has 3 aromatic rings. The number of anilines is 2. The number of nitrogens with two attached hydrogens (primary N) is 2. The van der Waals surface area contributed by atoms with E-state index >= 15 is 0 Å². The van der Waals surface area contributed by atoms with Crippen molar-refractivity contribution in [3.8, 4) is 5.75 Å². The Balaban J connectivity index is 2.41. The average molecular weight is 269 g/mol. The molecule has 0 saturated carbocycles. The number of H-pyrrole nitrogens is 1. The van der Waals surface area contributed by atoms with Crippen LogP contribution in [0.3, 0.4) is 0 Å². The van der Waals surface area contributed by atoms with Gasteiger partial charge >= 0.3 is 0 Å². The molecule has 0 fully saturated rings. The van der Waals surface area contributed by atoms with Crippen molar-refractivity contribution < 1.29 is 4.74 Å². The maximum absolute atomic E-state index is 12.5. The van der Waals surface area contributed by atoms with Crippen LogP contribution in [0.25, 0.3) is 21.8 Å². The van der Waals surface area contributed by atoms with Crippen LogP contribution < -0.4 is 21.6 Å². The fourth-order valence-corrected chi connectivity index (χ4v) is 2.32. The highest BCUT2D eigenvalue weighted by molar-refractivity contribution is 6.01. The van der Waals surface area contributed by atoms with Gasteiger partial charge in [-0.25, -0.2) is 0 Å². The second-order valence-electron chi connectivity index (χ2n) is 4.59. The Bertz CT molecular complexity index is 868. The van der Waals surface area contributed by atoms with Gasteiger partial charge in [0, 0.05) is 10.8 Å². The Hall–Kier alpha value is -2.69. The minimum Gasteiger partial charge on any atom is -0.494 e. The highest BCUT2D eigenvalue weighted by Gasteiger charge is 2.10. The number of fused-ring (bicyclic) bond motifs is 2. The maximum atomic E-state index is 12.5. The minimum atomic E-state index is -0.0815. The molecule has 0 aliphatic rings. The van der Waals surface area contributed by atoms with E-state index in [-0.39, 0.29) is 5.43 Å². The summed E-state index contributed by atoms with van der Waals surface area (Å²) in [5.41, 5.74) is 13.8. The number of aromatic amines is 1. The molecule has 0 aliphatic carbocycles. The molecule has 0 aliphatic heterocycles. The molecule has 1 heterocycles. The Morgan fingerprint density at radius 3 is 2.70 bits per heavy atom. The highest BCUT2D eigenvalue weighted by Crippen LogP contribution is 2.26. The first kappa shape index (κ1) is 12.3. The van der Waals surface area contributed by atoms with Crippen LogP contribution in [0.1, 0.15) is 6.92 Å². The van der Waals surface area contributed by atoms with Crippen molar-refractivity contribution in [3.05, 3.63) is 40.6 Å². The molecule has 20 heavy (non-hydrogen) atoms. The predicted octanol–water partition coefficient (Wildman–Crippen LogP) is 2.24. The smallest absolute Gasteiger partial charge is 0.197 e. The number of nitrogen functional groups attached to an aromatic ring is 2. The number of hydrogen-bond acceptors (Lipinski definition) is 4. The topological polar surface area (TPSA) is 94.1 Å². The standard InChI is InChI=1S/C15H15N3O2/c1-2-20-8-3-6-12-10(7-8)15(19)9-4-5-11(16)13(17)14(9)18-12/h3-7H,2,16-17H2,1H3,(H,18,19). The van der Waals surface area contributed by atoms with E-state index in [2.05, 4.69) is 4.98 Å². The third kappa shape index (κ3) is 1.75. The monoisotopic (exact) mass is 269 g/mol. The predicted molar refractivity (Wildman–Crippen MR) is 82.1 cm³/mol. The molecule has 102 valence electrons. The second-order valence-corrected chi connectivity index (χ2v) is 4.59. The Kier molecular flexibility index (Phi) is 2.75. The van der Waals surface area contributed by atoms with E-state index < -0.39 is 0 Å². The summed E-state index contributed by atoms with van der Waals surface area (Å²) in [4.78, 5) is 15.7. The molecule has 5 nitrogen and oxygen atoms in total. The van der Waals surface area contributed by atoms with Gasteiger partial charge in [0.2, 0.25) is 0 Å². The first-order valence-corrected chi connectivity index (χ1v) is 6.38. The number of nitrogens with one attached hydrogen (secondary N) is 1. The summed E-state index contributed by atoms with van der Waals surface area (Å²) in [5, 5.41) is 1.10. The summed E-state index contributed by atoms with van der Waals surface area (Å²) < 4.78 is 5.43. The first-order valence-electron chi connectivity index (χ1n) is 6.38. The molecule has 0 radical (unpaired) electrons. The van der Waals surface area contributed by atoms with Crippen LogP contribution in [0.5, 0.6) is 5.75 Å². The molecular weight excluding hydrogens is 254 g/mol. The lowest BCUT2D eigenvalue weighted by atomic mass is 10.1. The van der Waals surface area contributed by atoms with Crippen LogP contribution in [-0.4, -0.2) is 11.6 Å². The summed E-state index contributed by atoms with van der Waals surface area (Å²) in [6.07, 6.45) is 0. The van der Waals surface area contributed by atoms with Crippen LogP contribution in [0.4, 0.5) is 11.4 Å². The van der Waals surface area contributed by atoms with Crippen molar-refractivity contribution in [1.29, 1.82) is 0 Å². The SMILES string of the molecule is CCOc1ccc2[nH]c3c(N)c(N)ccc3c(=O)c2c1. The molecule has 0 atom stereocenters. The normalized spacial score (nSPS) is 11.1. The van der Waals surface area contributed by atoms with E-state index in [9.17, 15) is 4.79 Å². The van der Waals surface area contributed by atoms with Crippen molar-refractivity contribution in [2.75, 3.05) is 18.1 Å². The van der Waals surface area contributed by atoms with Crippen molar-refractivity contribution in [1.82, 2.24) is 4.98 Å². The van der Waals surface area contributed by atoms with Crippen molar-refractivity contribution in [2.24, 2.45) is 0 Å². The van der Waals surface area contributed by atoms with Crippen LogP contribution in [-0.2, 0) is 0 Å². The fourth-order valence-electron chi connectivity index (χ4n) is 2.32. The fraction of sp³-hybridized carbons (Fsp3) is 0.133. The summed E-state index contributed by atoms with van der Waals surface area (Å²) >= 11 is 0. The van der Waals surface area contributed by atoms with E-state index in [0.717, 1.165) is 0 Å². The van der Waals surface area contributed by atoms with E-state index in [1.807, 2.05) is 19.1 Å². The van der Waals surface area contributed by atoms with Gasteiger partial charge in [0.15, 0.2) is 5.43 Å². The van der Waals surface area contributed by atoms with Crippen LogP contribution in [0.2, 0.25) is 0 Å². The largest absolute Gasteiger partial charge is 0.494 e. The molecule has 0 unspecified atom stereocenters. The van der Waals surface area contributed by atoms with Crippen LogP contribution in [0.15, 0.2) is 35.1 Å². The molecule has 3 rings (SSSR count). The van der Waals surface area contributed by atoms with Crippen LogP contribution in [0, 0.1) is 0 Å². The van der Waals surface area contributed by atoms with Crippen molar-refractivity contribution in [3.63, 3.8) is 0 Å². The summed E-state index contributed by atoms with van der Waals surface area (Å²) in [5.74, 6) is 0.674. The van der Waals surface area contributed by atoms with E-state index in [4.69, 9.17) is 16.2 Å². The average Bonchev–Trinajstić information content (AvgIpc) is 2.45. The molecule has 2 aromatic carbocycles. The first-order chi connectivity index (χ1) is 9.61. The molecule has 0 bridgehead atoms. The van der Waals surface area contributed by atoms with Gasteiger partial charge in [0.05, 0.1) is 29.0 Å². The Morgan fingerprint density at radius 2 is 1.95 bits per heavy atom. The van der Waals surface area contributed by atoms with Gasteiger partial charge in [-0.05, 0) is 37.3 Å². The molecule has 0 spiro atoms. The lowest BCUT2D eigenvalue weighted by molar-refractivity contribution is 0.340. The number of pyridine rings is 1. The molecule has 5 N–H and O–H groups in total.